The van der Waals surface area contributed by atoms with Crippen molar-refractivity contribution in [3.63, 3.8) is 0 Å². The summed E-state index contributed by atoms with van der Waals surface area (Å²) in [7, 11) is 0. The molecule has 0 N–H and O–H groups in total. The minimum Gasteiger partial charge on any atom is -0.371 e. The quantitative estimate of drug-likeness (QED) is 0.722. The van der Waals surface area contributed by atoms with Gasteiger partial charge in [-0.15, -0.1) is 0 Å². The molecule has 3 nitrogen and oxygen atoms in total. The summed E-state index contributed by atoms with van der Waals surface area (Å²) in [5.74, 6) is 2.44. The number of rotatable bonds is 1. The molecule has 0 aliphatic carbocycles. The molecule has 1 aromatic heterocycles. The second-order valence-corrected chi connectivity index (χ2v) is 6.10. The third-order valence-electron chi connectivity index (χ3n) is 5.08. The van der Waals surface area contributed by atoms with Crippen LogP contribution in [0.4, 0.5) is 5.69 Å². The van der Waals surface area contributed by atoms with Crippen LogP contribution in [0.2, 0.25) is 12.6 Å². The van der Waals surface area contributed by atoms with Crippen molar-refractivity contribution in [2.45, 2.75) is 38.3 Å². The summed E-state index contributed by atoms with van der Waals surface area (Å²) in [6, 6.07) is 4.20. The first kappa shape index (κ1) is 12.5. The first-order chi connectivity index (χ1) is 9.31. The molecule has 19 heavy (non-hydrogen) atoms. The van der Waals surface area contributed by atoms with E-state index in [-0.39, 0.29) is 0 Å². The van der Waals surface area contributed by atoms with Gasteiger partial charge in [-0.05, 0) is 30.4 Å². The van der Waals surface area contributed by atoms with Gasteiger partial charge in [0.2, 0.25) is 0 Å². The number of hydrogen-bond acceptors (Lipinski definition) is 3. The van der Waals surface area contributed by atoms with Crippen molar-refractivity contribution >= 4 is 12.4 Å². The van der Waals surface area contributed by atoms with Crippen molar-refractivity contribution in [3.05, 3.63) is 24.5 Å². The van der Waals surface area contributed by atoms with Crippen LogP contribution in [0.15, 0.2) is 24.5 Å². The van der Waals surface area contributed by atoms with Crippen molar-refractivity contribution in [3.8, 4) is 5.97 Å². The highest BCUT2D eigenvalue weighted by Gasteiger charge is 2.39. The van der Waals surface area contributed by atoms with Gasteiger partial charge in [-0.1, -0.05) is 25.5 Å². The van der Waals surface area contributed by atoms with E-state index in [4.69, 9.17) is 5.26 Å². The molecule has 2 saturated heterocycles. The lowest BCUT2D eigenvalue weighted by Crippen LogP contribution is -2.42. The number of aromatic nitrogens is 1. The smallest absolute Gasteiger partial charge is 0.267 e. The summed E-state index contributed by atoms with van der Waals surface area (Å²) in [4.78, 5) is 6.56. The monoisotopic (exact) mass is 253 g/mol. The van der Waals surface area contributed by atoms with Crippen LogP contribution >= 0.6 is 0 Å². The summed E-state index contributed by atoms with van der Waals surface area (Å²) < 4.78 is 0. The standard InChI is InChI=1S/C15H20BN3/c17-13-16-7-3-15(4-8-16)5-11-19(12-6-15)14-1-9-18-10-2-14/h1-2,9-10H,3-8,11-12H2. The summed E-state index contributed by atoms with van der Waals surface area (Å²) in [5.41, 5.74) is 1.84. The highest BCUT2D eigenvalue weighted by molar-refractivity contribution is 6.67. The molecule has 2 fully saturated rings. The van der Waals surface area contributed by atoms with E-state index in [0.717, 1.165) is 25.7 Å². The van der Waals surface area contributed by atoms with Crippen LogP contribution in [0.5, 0.6) is 0 Å². The van der Waals surface area contributed by atoms with E-state index in [1.54, 1.807) is 0 Å². The molecule has 0 bridgehead atoms. The Morgan fingerprint density at radius 3 is 2.32 bits per heavy atom. The van der Waals surface area contributed by atoms with E-state index in [2.05, 4.69) is 28.0 Å². The van der Waals surface area contributed by atoms with Crippen molar-refractivity contribution in [2.24, 2.45) is 5.41 Å². The molecular weight excluding hydrogens is 233 g/mol. The Balaban J connectivity index is 1.60. The van der Waals surface area contributed by atoms with Crippen LogP contribution in [-0.4, -0.2) is 24.8 Å². The SMILES string of the molecule is N#CB1CCC2(CC1)CCN(c1ccncc1)CC2. The summed E-state index contributed by atoms with van der Waals surface area (Å²) in [6.45, 7) is 2.63. The Bertz CT molecular complexity index is 450. The Labute approximate surface area is 115 Å². The third kappa shape index (κ3) is 2.61. The largest absolute Gasteiger partial charge is 0.371 e. The summed E-state index contributed by atoms with van der Waals surface area (Å²) in [5, 5.41) is 9.00. The predicted octanol–water partition coefficient (Wildman–Crippen LogP) is 3.02. The van der Waals surface area contributed by atoms with E-state index in [1.165, 1.54) is 31.4 Å². The van der Waals surface area contributed by atoms with Gasteiger partial charge in [0.05, 0.1) is 0 Å². The molecule has 2 aliphatic rings. The fourth-order valence-corrected chi connectivity index (χ4v) is 3.65. The van der Waals surface area contributed by atoms with Gasteiger partial charge in [0.1, 0.15) is 0 Å². The van der Waals surface area contributed by atoms with E-state index < -0.39 is 0 Å². The Morgan fingerprint density at radius 1 is 1.11 bits per heavy atom. The average molecular weight is 253 g/mol. The highest BCUT2D eigenvalue weighted by Crippen LogP contribution is 2.45. The van der Waals surface area contributed by atoms with Gasteiger partial charge >= 0.3 is 0 Å². The lowest BCUT2D eigenvalue weighted by Gasteiger charge is -2.45. The molecule has 3 rings (SSSR count). The molecule has 0 atom stereocenters. The minimum absolute atomic E-state index is 0.323. The van der Waals surface area contributed by atoms with Crippen LogP contribution in [0, 0.1) is 16.6 Å². The van der Waals surface area contributed by atoms with Crippen LogP contribution in [0.3, 0.4) is 0 Å². The number of pyridine rings is 1. The van der Waals surface area contributed by atoms with Crippen LogP contribution in [-0.2, 0) is 0 Å². The summed E-state index contributed by atoms with van der Waals surface area (Å²) in [6.07, 6.45) is 11.1. The normalized spacial score (nSPS) is 22.3. The fraction of sp³-hybridized carbons (Fsp3) is 0.600. The van der Waals surface area contributed by atoms with Gasteiger partial charge in [0.25, 0.3) is 6.71 Å². The molecule has 0 radical (unpaired) electrons. The lowest BCUT2D eigenvalue weighted by atomic mass is 9.39. The second-order valence-electron chi connectivity index (χ2n) is 6.10. The van der Waals surface area contributed by atoms with Crippen molar-refractivity contribution in [1.29, 1.82) is 5.26 Å². The number of nitriles is 1. The molecule has 3 heterocycles. The van der Waals surface area contributed by atoms with Gasteiger partial charge in [-0.25, -0.2) is 5.26 Å². The fourth-order valence-electron chi connectivity index (χ4n) is 3.65. The van der Waals surface area contributed by atoms with Crippen molar-refractivity contribution in [1.82, 2.24) is 4.98 Å². The topological polar surface area (TPSA) is 39.9 Å². The van der Waals surface area contributed by atoms with Gasteiger partial charge in [-0.3, -0.25) is 4.98 Å². The first-order valence-corrected chi connectivity index (χ1v) is 7.36. The Morgan fingerprint density at radius 2 is 1.74 bits per heavy atom. The van der Waals surface area contributed by atoms with Gasteiger partial charge in [-0.2, -0.15) is 0 Å². The van der Waals surface area contributed by atoms with Crippen LogP contribution < -0.4 is 4.90 Å². The molecular formula is C15H20BN3. The van der Waals surface area contributed by atoms with E-state index in [1.807, 2.05) is 12.4 Å². The van der Waals surface area contributed by atoms with Crippen molar-refractivity contribution < 1.29 is 0 Å². The van der Waals surface area contributed by atoms with E-state index >= 15 is 0 Å². The van der Waals surface area contributed by atoms with Crippen LogP contribution in [0.1, 0.15) is 25.7 Å². The molecule has 1 spiro atoms. The highest BCUT2D eigenvalue weighted by atomic mass is 15.1. The maximum Gasteiger partial charge on any atom is 0.267 e. The van der Waals surface area contributed by atoms with Gasteiger partial charge in [0.15, 0.2) is 0 Å². The summed E-state index contributed by atoms with van der Waals surface area (Å²) >= 11 is 0. The maximum atomic E-state index is 9.00. The molecule has 4 heteroatoms. The zero-order valence-electron chi connectivity index (χ0n) is 11.4. The average Bonchev–Trinajstić information content (AvgIpc) is 2.50. The number of anilines is 1. The van der Waals surface area contributed by atoms with E-state index in [9.17, 15) is 0 Å². The predicted molar refractivity (Wildman–Crippen MR) is 78.3 cm³/mol. The zero-order chi connectivity index (χ0) is 13.1. The van der Waals surface area contributed by atoms with Gasteiger partial charge in [0, 0.05) is 37.1 Å². The number of nitrogens with zero attached hydrogens (tertiary/aromatic N) is 3. The van der Waals surface area contributed by atoms with Crippen LogP contribution in [0.25, 0.3) is 0 Å². The first-order valence-electron chi connectivity index (χ1n) is 7.36. The Hall–Kier alpha value is -1.50. The number of hydrogen-bond donors (Lipinski definition) is 0. The molecule has 98 valence electrons. The lowest BCUT2D eigenvalue weighted by molar-refractivity contribution is 0.191. The van der Waals surface area contributed by atoms with Gasteiger partial charge < -0.3 is 4.90 Å². The number of piperidine rings is 1. The zero-order valence-corrected chi connectivity index (χ0v) is 11.4. The molecule has 0 aromatic carbocycles. The van der Waals surface area contributed by atoms with Crippen molar-refractivity contribution in [2.75, 3.05) is 18.0 Å². The minimum atomic E-state index is 0.323. The molecule has 1 aromatic rings. The second kappa shape index (κ2) is 5.24. The molecule has 2 aliphatic heterocycles. The maximum absolute atomic E-state index is 9.00. The molecule has 0 saturated carbocycles. The Kier molecular flexibility index (Phi) is 3.46. The molecule has 0 amide bonds. The third-order valence-corrected chi connectivity index (χ3v) is 5.08. The van der Waals surface area contributed by atoms with E-state index in [0.29, 0.717) is 12.1 Å². The molecule has 0 unspecified atom stereocenters.